The molecule has 0 aliphatic heterocycles. The maximum atomic E-state index is 12.6. The Morgan fingerprint density at radius 1 is 1.30 bits per heavy atom. The van der Waals surface area contributed by atoms with Gasteiger partial charge in [0.25, 0.3) is 0 Å². The van der Waals surface area contributed by atoms with Crippen LogP contribution in [0.5, 0.6) is 0 Å². The van der Waals surface area contributed by atoms with Gasteiger partial charge >= 0.3 is 0 Å². The van der Waals surface area contributed by atoms with Crippen LogP contribution in [-0.2, 0) is 11.3 Å². The molecule has 0 bridgehead atoms. The van der Waals surface area contributed by atoms with Crippen LogP contribution in [-0.4, -0.2) is 24.4 Å². The van der Waals surface area contributed by atoms with Gasteiger partial charge in [0.05, 0.1) is 12.5 Å². The van der Waals surface area contributed by atoms with Crippen LogP contribution in [0.2, 0.25) is 0 Å². The van der Waals surface area contributed by atoms with Crippen molar-refractivity contribution in [2.24, 2.45) is 5.73 Å². The molecule has 1 aromatic heterocycles. The summed E-state index contributed by atoms with van der Waals surface area (Å²) in [5.41, 5.74) is 8.02. The summed E-state index contributed by atoms with van der Waals surface area (Å²) in [6.45, 7) is 3.05. The highest BCUT2D eigenvalue weighted by Crippen LogP contribution is 2.21. The van der Waals surface area contributed by atoms with Crippen molar-refractivity contribution in [3.8, 4) is 0 Å². The Balaban J connectivity index is 2.11. The number of amides is 1. The van der Waals surface area contributed by atoms with Gasteiger partial charge in [-0.25, -0.2) is 0 Å². The van der Waals surface area contributed by atoms with Crippen LogP contribution in [0.1, 0.15) is 21.9 Å². The van der Waals surface area contributed by atoms with E-state index in [1.165, 1.54) is 10.4 Å². The highest BCUT2D eigenvalue weighted by Gasteiger charge is 2.22. The van der Waals surface area contributed by atoms with Crippen molar-refractivity contribution < 1.29 is 4.79 Å². The lowest BCUT2D eigenvalue weighted by atomic mass is 9.98. The molecule has 3 nitrogen and oxygen atoms in total. The molecule has 2 aromatic rings. The monoisotopic (exact) mass is 288 g/mol. The number of aryl methyl sites for hydroxylation is 1. The number of thiophene rings is 1. The van der Waals surface area contributed by atoms with Crippen molar-refractivity contribution in [3.63, 3.8) is 0 Å². The van der Waals surface area contributed by atoms with Crippen LogP contribution in [0.3, 0.4) is 0 Å². The first kappa shape index (κ1) is 14.8. The van der Waals surface area contributed by atoms with E-state index in [4.69, 9.17) is 5.73 Å². The Morgan fingerprint density at radius 2 is 2.00 bits per heavy atom. The van der Waals surface area contributed by atoms with E-state index in [2.05, 4.69) is 18.4 Å². The lowest BCUT2D eigenvalue weighted by Crippen LogP contribution is -2.34. The first-order chi connectivity index (χ1) is 9.63. The molecule has 0 unspecified atom stereocenters. The number of hydrogen-bond acceptors (Lipinski definition) is 3. The fraction of sp³-hybridized carbons (Fsp3) is 0.312. The zero-order chi connectivity index (χ0) is 14.5. The summed E-state index contributed by atoms with van der Waals surface area (Å²) < 4.78 is 0. The number of hydrogen-bond donors (Lipinski definition) is 1. The summed E-state index contributed by atoms with van der Waals surface area (Å²) in [5.74, 6) is -0.187. The van der Waals surface area contributed by atoms with Gasteiger partial charge < -0.3 is 10.6 Å². The summed E-state index contributed by atoms with van der Waals surface area (Å²) in [4.78, 5) is 15.6. The molecule has 106 valence electrons. The summed E-state index contributed by atoms with van der Waals surface area (Å²) in [6, 6.07) is 11.8. The smallest absolute Gasteiger partial charge is 0.231 e. The molecule has 4 heteroatoms. The predicted octanol–water partition coefficient (Wildman–Crippen LogP) is 2.76. The number of benzene rings is 1. The maximum absolute atomic E-state index is 12.6. The van der Waals surface area contributed by atoms with Crippen LogP contribution < -0.4 is 5.73 Å². The van der Waals surface area contributed by atoms with Crippen molar-refractivity contribution in [2.75, 3.05) is 13.6 Å². The molecule has 1 amide bonds. The fourth-order valence-electron chi connectivity index (χ4n) is 2.19. The highest BCUT2D eigenvalue weighted by atomic mass is 32.1. The number of carbonyl (C=O) groups is 1. The third-order valence-electron chi connectivity index (χ3n) is 3.46. The second-order valence-corrected chi connectivity index (χ2v) is 5.92. The van der Waals surface area contributed by atoms with Gasteiger partial charge in [-0.2, -0.15) is 0 Å². The Morgan fingerprint density at radius 3 is 2.55 bits per heavy atom. The largest absolute Gasteiger partial charge is 0.340 e. The number of nitrogens with zero attached hydrogens (tertiary/aromatic N) is 1. The number of rotatable bonds is 5. The molecule has 0 spiro atoms. The van der Waals surface area contributed by atoms with E-state index < -0.39 is 0 Å². The Hall–Kier alpha value is -1.65. The van der Waals surface area contributed by atoms with E-state index >= 15 is 0 Å². The minimum Gasteiger partial charge on any atom is -0.340 e. The molecule has 0 fully saturated rings. The summed E-state index contributed by atoms with van der Waals surface area (Å²) in [7, 11) is 1.84. The third kappa shape index (κ3) is 3.26. The van der Waals surface area contributed by atoms with Crippen molar-refractivity contribution >= 4 is 17.2 Å². The zero-order valence-electron chi connectivity index (χ0n) is 11.9. The van der Waals surface area contributed by atoms with Gasteiger partial charge in [0.2, 0.25) is 5.91 Å². The topological polar surface area (TPSA) is 46.3 Å². The summed E-state index contributed by atoms with van der Waals surface area (Å²) in [5, 5.41) is 2.06. The van der Waals surface area contributed by atoms with Crippen LogP contribution in [0.25, 0.3) is 0 Å². The van der Waals surface area contributed by atoms with Crippen LogP contribution in [0.4, 0.5) is 0 Å². The molecule has 1 heterocycles. The molecule has 1 atom stereocenters. The molecule has 0 aliphatic rings. The van der Waals surface area contributed by atoms with Crippen LogP contribution in [0, 0.1) is 6.92 Å². The first-order valence-electron chi connectivity index (χ1n) is 6.66. The average molecular weight is 288 g/mol. The van der Waals surface area contributed by atoms with E-state index in [0.29, 0.717) is 13.1 Å². The maximum Gasteiger partial charge on any atom is 0.231 e. The van der Waals surface area contributed by atoms with E-state index in [0.717, 1.165) is 5.56 Å². The average Bonchev–Trinajstić information content (AvgIpc) is 2.86. The van der Waals surface area contributed by atoms with Crippen molar-refractivity contribution in [3.05, 3.63) is 57.8 Å². The van der Waals surface area contributed by atoms with Crippen molar-refractivity contribution in [1.82, 2.24) is 4.90 Å². The lowest BCUT2D eigenvalue weighted by Gasteiger charge is -2.23. The second-order valence-electron chi connectivity index (χ2n) is 4.92. The Labute approximate surface area is 124 Å². The standard InChI is InChI=1S/C16H20N2OS/c1-12-8-9-20-15(12)11-18(2)16(19)14(10-17)13-6-4-3-5-7-13/h3-9,14H,10-11,17H2,1-2H3/t14-/m0/s1. The van der Waals surface area contributed by atoms with Crippen LogP contribution in [0.15, 0.2) is 41.8 Å². The number of carbonyl (C=O) groups excluding carboxylic acids is 1. The van der Waals surface area contributed by atoms with Gasteiger partial charge in [-0.3, -0.25) is 4.79 Å². The predicted molar refractivity (Wildman–Crippen MR) is 83.8 cm³/mol. The minimum absolute atomic E-state index is 0.0755. The van der Waals surface area contributed by atoms with Gasteiger partial charge in [-0.1, -0.05) is 30.3 Å². The van der Waals surface area contributed by atoms with Crippen molar-refractivity contribution in [2.45, 2.75) is 19.4 Å². The third-order valence-corrected chi connectivity index (χ3v) is 4.47. The molecule has 2 rings (SSSR count). The quantitative estimate of drug-likeness (QED) is 0.919. The first-order valence-corrected chi connectivity index (χ1v) is 7.54. The van der Waals surface area contributed by atoms with Crippen molar-refractivity contribution in [1.29, 1.82) is 0 Å². The molecule has 0 aliphatic carbocycles. The van der Waals surface area contributed by atoms with Gasteiger partial charge in [0.15, 0.2) is 0 Å². The normalized spacial score (nSPS) is 12.2. The molecule has 0 saturated heterocycles. The zero-order valence-corrected chi connectivity index (χ0v) is 12.7. The van der Waals surface area contributed by atoms with E-state index in [9.17, 15) is 4.79 Å². The summed E-state index contributed by atoms with van der Waals surface area (Å²) in [6.07, 6.45) is 0. The molecule has 1 aromatic carbocycles. The highest BCUT2D eigenvalue weighted by molar-refractivity contribution is 7.10. The summed E-state index contributed by atoms with van der Waals surface area (Å²) >= 11 is 1.69. The number of nitrogens with two attached hydrogens (primary N) is 1. The number of likely N-dealkylation sites (N-methyl/N-ethyl adjacent to an activating group) is 1. The van der Waals surface area contributed by atoms with E-state index in [1.54, 1.807) is 16.2 Å². The Bertz CT molecular complexity index is 565. The van der Waals surface area contributed by atoms with Crippen LogP contribution >= 0.6 is 11.3 Å². The van der Waals surface area contributed by atoms with Gasteiger partial charge in [0.1, 0.15) is 0 Å². The molecule has 20 heavy (non-hydrogen) atoms. The molecule has 0 radical (unpaired) electrons. The van der Waals surface area contributed by atoms with E-state index in [1.807, 2.05) is 37.4 Å². The Kier molecular flexibility index (Phi) is 4.93. The molecule has 2 N–H and O–H groups in total. The molecular formula is C16H20N2OS. The van der Waals surface area contributed by atoms with Gasteiger partial charge in [-0.15, -0.1) is 11.3 Å². The lowest BCUT2D eigenvalue weighted by molar-refractivity contribution is -0.131. The second kappa shape index (κ2) is 6.68. The molecular weight excluding hydrogens is 268 g/mol. The van der Waals surface area contributed by atoms with Gasteiger partial charge in [0, 0.05) is 18.5 Å². The van der Waals surface area contributed by atoms with Gasteiger partial charge in [-0.05, 0) is 29.5 Å². The molecule has 0 saturated carbocycles. The SMILES string of the molecule is Cc1ccsc1CN(C)C(=O)[C@@H](CN)c1ccccc1. The fourth-order valence-corrected chi connectivity index (χ4v) is 3.15. The minimum atomic E-state index is -0.263. The van der Waals surface area contributed by atoms with E-state index in [-0.39, 0.29) is 11.8 Å².